The van der Waals surface area contributed by atoms with E-state index in [-0.39, 0.29) is 5.75 Å². The molecule has 0 fully saturated rings. The normalized spacial score (nSPS) is 13.5. The Labute approximate surface area is 255 Å². The van der Waals surface area contributed by atoms with Gasteiger partial charge >= 0.3 is 6.09 Å². The summed E-state index contributed by atoms with van der Waals surface area (Å²) < 4.78 is 5.40. The Bertz CT molecular complexity index is 1250. The van der Waals surface area contributed by atoms with Crippen LogP contribution in [0.4, 0.5) is 10.5 Å². The monoisotopic (exact) mass is 599 g/mol. The molecule has 0 aliphatic carbocycles. The molecule has 2 aromatic carbocycles. The maximum absolute atomic E-state index is 14.3. The molecule has 7 nitrogen and oxygen atoms in total. The number of hydrogen-bond acceptors (Lipinski definition) is 5. The van der Waals surface area contributed by atoms with Crippen molar-refractivity contribution in [2.24, 2.45) is 5.92 Å². The number of ether oxygens (including phenoxy) is 1. The molecule has 2 N–H and O–H groups in total. The van der Waals surface area contributed by atoms with Gasteiger partial charge in [0.25, 0.3) is 5.91 Å². The minimum atomic E-state index is -1.13. The first-order chi connectivity index (χ1) is 19.2. The highest BCUT2D eigenvalue weighted by molar-refractivity contribution is 7.80. The molecule has 0 aliphatic rings. The lowest BCUT2D eigenvalue weighted by Crippen LogP contribution is -2.55. The van der Waals surface area contributed by atoms with E-state index in [0.29, 0.717) is 34.2 Å². The molecule has 2 rings (SSSR count). The Morgan fingerprint density at radius 1 is 1.07 bits per heavy atom. The lowest BCUT2D eigenvalue weighted by atomic mass is 9.94. The van der Waals surface area contributed by atoms with E-state index >= 15 is 0 Å². The first-order valence-electron chi connectivity index (χ1n) is 13.7. The smallest absolute Gasteiger partial charge is 0.408 e. The second kappa shape index (κ2) is 15.2. The van der Waals surface area contributed by atoms with Crippen LogP contribution in [-0.2, 0) is 14.3 Å². The Morgan fingerprint density at radius 2 is 1.73 bits per heavy atom. The van der Waals surface area contributed by atoms with Crippen molar-refractivity contribution in [2.75, 3.05) is 11.1 Å². The van der Waals surface area contributed by atoms with Crippen LogP contribution in [0.25, 0.3) is 0 Å². The zero-order valence-corrected chi connectivity index (χ0v) is 26.6. The summed E-state index contributed by atoms with van der Waals surface area (Å²) in [6, 6.07) is 9.74. The SMILES string of the molecule is C#Cc1ccccc1C(C(=O)Nc1c(C)cccc1Cl)N(C(=O)C(CS)NC(=O)OC(C)(C)C)C(C)CCC(C)C. The maximum Gasteiger partial charge on any atom is 0.408 e. The highest BCUT2D eigenvalue weighted by Crippen LogP contribution is 2.33. The van der Waals surface area contributed by atoms with Crippen LogP contribution in [-0.4, -0.2) is 46.2 Å². The standard InChI is InChI=1S/C32H42ClN3O4S/c1-9-23-14-10-11-15-24(23)28(29(37)35-27-21(4)13-12-16-25(27)33)36(22(5)18-17-20(2)3)30(38)26(19-41)34-31(39)40-32(6,7)8/h1,10-16,20,22,26,28,41H,17-19H2,2-8H3,(H,34,39)(H,35,37). The Kier molecular flexibility index (Phi) is 12.6. The fraction of sp³-hybridized carbons (Fsp3) is 0.469. The van der Waals surface area contributed by atoms with Crippen LogP contribution < -0.4 is 10.6 Å². The number of thiol groups is 1. The molecule has 0 heterocycles. The van der Waals surface area contributed by atoms with Gasteiger partial charge in [-0.1, -0.05) is 61.7 Å². The Morgan fingerprint density at radius 3 is 2.29 bits per heavy atom. The van der Waals surface area contributed by atoms with Gasteiger partial charge in [-0.05, 0) is 76.6 Å². The number of rotatable bonds is 11. The van der Waals surface area contributed by atoms with Crippen molar-refractivity contribution in [3.8, 4) is 12.3 Å². The van der Waals surface area contributed by atoms with Gasteiger partial charge in [-0.25, -0.2) is 4.79 Å². The third kappa shape index (κ3) is 9.72. The number of halogens is 1. The van der Waals surface area contributed by atoms with Crippen molar-refractivity contribution in [3.05, 3.63) is 64.2 Å². The van der Waals surface area contributed by atoms with Crippen molar-refractivity contribution >= 4 is 47.8 Å². The summed E-state index contributed by atoms with van der Waals surface area (Å²) in [5, 5.41) is 5.96. The number of terminal acetylenes is 1. The first kappa shape index (κ1) is 34.1. The van der Waals surface area contributed by atoms with Crippen molar-refractivity contribution in [3.63, 3.8) is 0 Å². The molecule has 222 valence electrons. The average molecular weight is 600 g/mol. The number of hydrogen-bond donors (Lipinski definition) is 3. The molecule has 3 unspecified atom stereocenters. The molecule has 0 spiro atoms. The minimum Gasteiger partial charge on any atom is -0.444 e. The van der Waals surface area contributed by atoms with E-state index in [1.165, 1.54) is 4.90 Å². The number of benzene rings is 2. The van der Waals surface area contributed by atoms with Crippen LogP contribution in [0.5, 0.6) is 0 Å². The molecule has 3 amide bonds. The van der Waals surface area contributed by atoms with Crippen LogP contribution in [0.1, 0.15) is 77.1 Å². The van der Waals surface area contributed by atoms with Gasteiger partial charge in [0.05, 0.1) is 10.7 Å². The van der Waals surface area contributed by atoms with Crippen molar-refractivity contribution in [1.82, 2.24) is 10.2 Å². The number of aryl methyl sites for hydroxylation is 1. The lowest BCUT2D eigenvalue weighted by Gasteiger charge is -2.39. The van der Waals surface area contributed by atoms with Gasteiger partial charge in [-0.2, -0.15) is 12.6 Å². The summed E-state index contributed by atoms with van der Waals surface area (Å²) in [5.74, 6) is 2.04. The molecule has 0 saturated carbocycles. The molecule has 0 saturated heterocycles. The lowest BCUT2D eigenvalue weighted by molar-refractivity contribution is -0.143. The van der Waals surface area contributed by atoms with Crippen LogP contribution in [0.15, 0.2) is 42.5 Å². The number of carbonyl (C=O) groups is 3. The zero-order valence-electron chi connectivity index (χ0n) is 25.0. The van der Waals surface area contributed by atoms with E-state index in [1.807, 2.05) is 19.9 Å². The van der Waals surface area contributed by atoms with Crippen LogP contribution >= 0.6 is 24.2 Å². The summed E-state index contributed by atoms with van der Waals surface area (Å²) in [6.45, 7) is 13.1. The number of amides is 3. The summed E-state index contributed by atoms with van der Waals surface area (Å²) in [5.41, 5.74) is 1.40. The number of para-hydroxylation sites is 1. The predicted molar refractivity (Wildman–Crippen MR) is 169 cm³/mol. The van der Waals surface area contributed by atoms with E-state index in [0.717, 1.165) is 12.0 Å². The largest absolute Gasteiger partial charge is 0.444 e. The third-order valence-electron chi connectivity index (χ3n) is 6.47. The second-order valence-corrected chi connectivity index (χ2v) is 12.3. The summed E-state index contributed by atoms with van der Waals surface area (Å²) >= 11 is 10.8. The number of alkyl carbamates (subject to hydrolysis) is 1. The Balaban J connectivity index is 2.68. The summed E-state index contributed by atoms with van der Waals surface area (Å²) in [7, 11) is 0. The summed E-state index contributed by atoms with van der Waals surface area (Å²) in [4.78, 5) is 42.7. The Hall–Kier alpha value is -3.15. The van der Waals surface area contributed by atoms with Crippen LogP contribution in [0, 0.1) is 25.2 Å². The van der Waals surface area contributed by atoms with E-state index in [1.54, 1.807) is 57.2 Å². The number of nitrogens with one attached hydrogen (secondary N) is 2. The molecule has 2 aromatic rings. The molecular formula is C32H42ClN3O4S. The maximum atomic E-state index is 14.3. The first-order valence-corrected chi connectivity index (χ1v) is 14.7. The number of nitrogens with zero attached hydrogens (tertiary/aromatic N) is 1. The van der Waals surface area contributed by atoms with Crippen LogP contribution in [0.3, 0.4) is 0 Å². The van der Waals surface area contributed by atoms with E-state index in [2.05, 4.69) is 43.0 Å². The van der Waals surface area contributed by atoms with E-state index in [4.69, 9.17) is 22.8 Å². The molecule has 0 radical (unpaired) electrons. The van der Waals surface area contributed by atoms with Gasteiger partial charge in [0.15, 0.2) is 0 Å². The van der Waals surface area contributed by atoms with Crippen LogP contribution in [0.2, 0.25) is 5.02 Å². The molecule has 41 heavy (non-hydrogen) atoms. The topological polar surface area (TPSA) is 87.7 Å². The second-order valence-electron chi connectivity index (χ2n) is 11.5. The minimum absolute atomic E-state index is 0.0137. The van der Waals surface area contributed by atoms with Gasteiger partial charge in [0.1, 0.15) is 17.7 Å². The van der Waals surface area contributed by atoms with Gasteiger partial charge in [-0.15, -0.1) is 6.42 Å². The molecule has 0 bridgehead atoms. The van der Waals surface area contributed by atoms with Crippen molar-refractivity contribution in [1.29, 1.82) is 0 Å². The fourth-order valence-corrected chi connectivity index (χ4v) is 4.91. The van der Waals surface area contributed by atoms with Gasteiger partial charge in [0.2, 0.25) is 5.91 Å². The molecule has 3 atom stereocenters. The van der Waals surface area contributed by atoms with Gasteiger partial charge < -0.3 is 20.3 Å². The summed E-state index contributed by atoms with van der Waals surface area (Å²) in [6.07, 6.45) is 6.53. The van der Waals surface area contributed by atoms with Crippen molar-refractivity contribution < 1.29 is 19.1 Å². The zero-order chi connectivity index (χ0) is 30.9. The highest BCUT2D eigenvalue weighted by atomic mass is 35.5. The fourth-order valence-electron chi connectivity index (χ4n) is 4.39. The van der Waals surface area contributed by atoms with Gasteiger partial charge in [0, 0.05) is 17.4 Å². The van der Waals surface area contributed by atoms with Gasteiger partial charge in [-0.3, -0.25) is 9.59 Å². The van der Waals surface area contributed by atoms with Crippen molar-refractivity contribution in [2.45, 2.75) is 85.0 Å². The molecule has 0 aromatic heterocycles. The molecule has 0 aliphatic heterocycles. The molecule has 9 heteroatoms. The molecular weight excluding hydrogens is 558 g/mol. The third-order valence-corrected chi connectivity index (χ3v) is 7.15. The highest BCUT2D eigenvalue weighted by Gasteiger charge is 2.39. The van der Waals surface area contributed by atoms with E-state index in [9.17, 15) is 14.4 Å². The quantitative estimate of drug-likeness (QED) is 0.196. The predicted octanol–water partition coefficient (Wildman–Crippen LogP) is 6.79. The number of anilines is 1. The van der Waals surface area contributed by atoms with E-state index < -0.39 is 41.6 Å². The number of carbonyl (C=O) groups excluding carboxylic acids is 3. The average Bonchev–Trinajstić information content (AvgIpc) is 2.89.